The molecule has 0 aromatic carbocycles. The van der Waals surface area contributed by atoms with Crippen LogP contribution in [-0.4, -0.2) is 29.6 Å². The second-order valence-corrected chi connectivity index (χ2v) is 5.15. The van der Waals surface area contributed by atoms with E-state index in [9.17, 15) is 0 Å². The van der Waals surface area contributed by atoms with Crippen LogP contribution in [0.15, 0.2) is 17.0 Å². The van der Waals surface area contributed by atoms with E-state index < -0.39 is 0 Å². The minimum absolute atomic E-state index is 0.268. The van der Waals surface area contributed by atoms with Crippen molar-refractivity contribution in [2.24, 2.45) is 5.11 Å². The summed E-state index contributed by atoms with van der Waals surface area (Å²) in [7, 11) is 0. The topological polar surface area (TPSA) is 51.5 Å². The summed E-state index contributed by atoms with van der Waals surface area (Å²) < 4.78 is 0. The SMILES string of the molecule is CCN1CCC(NC=C(C)N=N)CC1(C)C. The zero-order chi connectivity index (χ0) is 12.2. The van der Waals surface area contributed by atoms with Gasteiger partial charge in [0.1, 0.15) is 0 Å². The minimum Gasteiger partial charge on any atom is -0.387 e. The van der Waals surface area contributed by atoms with E-state index in [1.807, 2.05) is 13.1 Å². The molecule has 1 unspecified atom stereocenters. The molecule has 1 saturated heterocycles. The van der Waals surface area contributed by atoms with Gasteiger partial charge >= 0.3 is 0 Å². The first-order valence-corrected chi connectivity index (χ1v) is 6.05. The van der Waals surface area contributed by atoms with Crippen LogP contribution in [-0.2, 0) is 0 Å². The predicted octanol–water partition coefficient (Wildman–Crippen LogP) is 2.73. The molecule has 4 nitrogen and oxygen atoms in total. The number of likely N-dealkylation sites (tertiary alicyclic amines) is 1. The van der Waals surface area contributed by atoms with Crippen LogP contribution < -0.4 is 5.32 Å². The molecule has 0 radical (unpaired) electrons. The largest absolute Gasteiger partial charge is 0.387 e. The van der Waals surface area contributed by atoms with Gasteiger partial charge in [-0.05, 0) is 40.2 Å². The summed E-state index contributed by atoms with van der Waals surface area (Å²) in [6.45, 7) is 10.9. The molecule has 1 fully saturated rings. The van der Waals surface area contributed by atoms with Crippen molar-refractivity contribution >= 4 is 0 Å². The maximum atomic E-state index is 6.87. The molecule has 0 amide bonds. The van der Waals surface area contributed by atoms with Gasteiger partial charge in [-0.25, -0.2) is 5.53 Å². The fraction of sp³-hybridized carbons (Fsp3) is 0.833. The first-order chi connectivity index (χ1) is 7.49. The van der Waals surface area contributed by atoms with Crippen LogP contribution in [0.1, 0.15) is 40.5 Å². The first kappa shape index (κ1) is 13.2. The van der Waals surface area contributed by atoms with E-state index in [1.54, 1.807) is 0 Å². The van der Waals surface area contributed by atoms with Crippen molar-refractivity contribution in [1.29, 1.82) is 5.53 Å². The lowest BCUT2D eigenvalue weighted by molar-refractivity contribution is 0.0671. The maximum Gasteiger partial charge on any atom is 0.0748 e. The van der Waals surface area contributed by atoms with Gasteiger partial charge in [-0.1, -0.05) is 6.92 Å². The highest BCUT2D eigenvalue weighted by molar-refractivity contribution is 4.97. The van der Waals surface area contributed by atoms with Crippen molar-refractivity contribution in [2.45, 2.75) is 52.1 Å². The highest BCUT2D eigenvalue weighted by atomic mass is 15.2. The van der Waals surface area contributed by atoms with Crippen LogP contribution in [0.5, 0.6) is 0 Å². The van der Waals surface area contributed by atoms with E-state index in [-0.39, 0.29) is 5.54 Å². The predicted molar refractivity (Wildman–Crippen MR) is 66.4 cm³/mol. The normalized spacial score (nSPS) is 26.5. The van der Waals surface area contributed by atoms with Crippen LogP contribution in [0, 0.1) is 5.53 Å². The van der Waals surface area contributed by atoms with Crippen molar-refractivity contribution in [2.75, 3.05) is 13.1 Å². The number of hydrogen-bond acceptors (Lipinski definition) is 4. The van der Waals surface area contributed by atoms with E-state index in [0.717, 1.165) is 25.2 Å². The summed E-state index contributed by atoms with van der Waals surface area (Å²) in [6, 6.07) is 0.509. The summed E-state index contributed by atoms with van der Waals surface area (Å²) in [6.07, 6.45) is 4.16. The number of hydrogen-bond donors (Lipinski definition) is 2. The molecule has 0 spiro atoms. The molecule has 92 valence electrons. The Bertz CT molecular complexity index is 270. The van der Waals surface area contributed by atoms with Crippen LogP contribution in [0.3, 0.4) is 0 Å². The van der Waals surface area contributed by atoms with Crippen molar-refractivity contribution in [3.05, 3.63) is 11.9 Å². The van der Waals surface area contributed by atoms with E-state index in [2.05, 4.69) is 36.1 Å². The highest BCUT2D eigenvalue weighted by Gasteiger charge is 2.33. The molecular weight excluding hydrogens is 200 g/mol. The number of nitrogens with zero attached hydrogens (tertiary/aromatic N) is 2. The third-order valence-corrected chi connectivity index (χ3v) is 3.44. The zero-order valence-corrected chi connectivity index (χ0v) is 10.9. The third kappa shape index (κ3) is 3.30. The van der Waals surface area contributed by atoms with Crippen LogP contribution in [0.25, 0.3) is 0 Å². The molecule has 1 atom stereocenters. The molecule has 1 rings (SSSR count). The van der Waals surface area contributed by atoms with E-state index >= 15 is 0 Å². The molecule has 0 aliphatic carbocycles. The molecule has 4 heteroatoms. The molecule has 0 bridgehead atoms. The first-order valence-electron chi connectivity index (χ1n) is 6.05. The lowest BCUT2D eigenvalue weighted by atomic mass is 9.87. The number of rotatable bonds is 4. The molecule has 0 aromatic rings. The second-order valence-electron chi connectivity index (χ2n) is 5.15. The molecule has 16 heavy (non-hydrogen) atoms. The van der Waals surface area contributed by atoms with Crippen LogP contribution in [0.4, 0.5) is 0 Å². The van der Waals surface area contributed by atoms with Gasteiger partial charge in [0.15, 0.2) is 0 Å². The fourth-order valence-electron chi connectivity index (χ4n) is 2.45. The van der Waals surface area contributed by atoms with E-state index in [1.165, 1.54) is 6.42 Å². The summed E-state index contributed by atoms with van der Waals surface area (Å²) in [5.74, 6) is 0. The Morgan fingerprint density at radius 3 is 2.81 bits per heavy atom. The monoisotopic (exact) mass is 224 g/mol. The maximum absolute atomic E-state index is 6.87. The van der Waals surface area contributed by atoms with Gasteiger partial charge in [-0.3, -0.25) is 4.90 Å². The lowest BCUT2D eigenvalue weighted by Gasteiger charge is -2.45. The summed E-state index contributed by atoms with van der Waals surface area (Å²) in [5, 5.41) is 6.75. The van der Waals surface area contributed by atoms with Gasteiger partial charge in [0.2, 0.25) is 0 Å². The smallest absolute Gasteiger partial charge is 0.0748 e. The van der Waals surface area contributed by atoms with Crippen molar-refractivity contribution < 1.29 is 0 Å². The van der Waals surface area contributed by atoms with Gasteiger partial charge in [-0.15, -0.1) is 0 Å². The number of nitrogens with one attached hydrogen (secondary N) is 2. The fourth-order valence-corrected chi connectivity index (χ4v) is 2.45. The number of allylic oxidation sites excluding steroid dienone is 1. The third-order valence-electron chi connectivity index (χ3n) is 3.44. The highest BCUT2D eigenvalue weighted by Crippen LogP contribution is 2.27. The Hall–Kier alpha value is -0.900. The second kappa shape index (κ2) is 5.43. The van der Waals surface area contributed by atoms with Crippen LogP contribution >= 0.6 is 0 Å². The van der Waals surface area contributed by atoms with Gasteiger partial charge in [-0.2, -0.15) is 5.11 Å². The Kier molecular flexibility index (Phi) is 4.47. The summed E-state index contributed by atoms with van der Waals surface area (Å²) in [5.41, 5.74) is 7.87. The van der Waals surface area contributed by atoms with Gasteiger partial charge in [0.25, 0.3) is 0 Å². The Labute approximate surface area is 98.6 Å². The zero-order valence-electron chi connectivity index (χ0n) is 10.9. The average molecular weight is 224 g/mol. The van der Waals surface area contributed by atoms with Crippen molar-refractivity contribution in [3.8, 4) is 0 Å². The Morgan fingerprint density at radius 1 is 1.62 bits per heavy atom. The molecule has 0 saturated carbocycles. The van der Waals surface area contributed by atoms with Gasteiger partial charge in [0.05, 0.1) is 5.70 Å². The van der Waals surface area contributed by atoms with Crippen LogP contribution in [0.2, 0.25) is 0 Å². The molecular formula is C12H24N4. The van der Waals surface area contributed by atoms with E-state index in [0.29, 0.717) is 6.04 Å². The minimum atomic E-state index is 0.268. The van der Waals surface area contributed by atoms with Crippen molar-refractivity contribution in [1.82, 2.24) is 10.2 Å². The molecule has 1 aliphatic rings. The molecule has 1 heterocycles. The molecule has 2 N–H and O–H groups in total. The van der Waals surface area contributed by atoms with E-state index in [4.69, 9.17) is 5.53 Å². The summed E-state index contributed by atoms with van der Waals surface area (Å²) >= 11 is 0. The standard InChI is InChI=1S/C12H24N4/c1-5-16-7-6-11(8-12(16,3)4)14-9-10(2)15-13/h9,11,13-14H,5-8H2,1-4H3. The quantitative estimate of drug-likeness (QED) is 0.721. The molecule has 1 aliphatic heterocycles. The Morgan fingerprint density at radius 2 is 2.31 bits per heavy atom. The Balaban J connectivity index is 2.52. The summed E-state index contributed by atoms with van der Waals surface area (Å²) in [4.78, 5) is 2.52. The van der Waals surface area contributed by atoms with Gasteiger partial charge in [0, 0.05) is 24.3 Å². The average Bonchev–Trinajstić information content (AvgIpc) is 2.24. The van der Waals surface area contributed by atoms with Gasteiger partial charge < -0.3 is 5.32 Å². The lowest BCUT2D eigenvalue weighted by Crippen LogP contribution is -2.53. The molecule has 0 aromatic heterocycles. The van der Waals surface area contributed by atoms with Crippen molar-refractivity contribution in [3.63, 3.8) is 0 Å². The number of piperidine rings is 1.